The molecule has 0 atom stereocenters. The fraction of sp³-hybridized carbons (Fsp3) is 0.188. The summed E-state index contributed by atoms with van der Waals surface area (Å²) in [4.78, 5) is 32.6. The molecule has 0 spiro atoms. The van der Waals surface area contributed by atoms with Gasteiger partial charge in [-0.3, -0.25) is 14.5 Å². The van der Waals surface area contributed by atoms with Gasteiger partial charge in [0.1, 0.15) is 17.3 Å². The number of fused-ring (bicyclic) bond motifs is 3. The number of rotatable bonds is 8. The van der Waals surface area contributed by atoms with Crippen molar-refractivity contribution in [3.8, 4) is 11.4 Å². The van der Waals surface area contributed by atoms with Crippen LogP contribution in [0, 0.1) is 0 Å². The second kappa shape index (κ2) is 12.3. The number of hydrogen-bond acceptors (Lipinski definition) is 8. The van der Waals surface area contributed by atoms with Crippen LogP contribution in [0.25, 0.3) is 20.9 Å². The zero-order chi connectivity index (χ0) is 31.7. The van der Waals surface area contributed by atoms with Crippen LogP contribution < -0.4 is 16.0 Å². The predicted molar refractivity (Wildman–Crippen MR) is 177 cm³/mol. The summed E-state index contributed by atoms with van der Waals surface area (Å²) < 4.78 is 4.47. The van der Waals surface area contributed by atoms with Gasteiger partial charge in [-0.2, -0.15) is 5.10 Å². The number of hydrogen-bond donors (Lipinski definition) is 5. The number of carbonyl (C=O) groups excluding carboxylic acids is 2. The van der Waals surface area contributed by atoms with Crippen molar-refractivity contribution in [2.45, 2.75) is 36.0 Å². The Bertz CT molecular complexity index is 2010. The second-order valence-corrected chi connectivity index (χ2v) is 13.4. The smallest absolute Gasteiger partial charge is 0.324 e. The monoisotopic (exact) mass is 641 g/mol. The number of thiazole rings is 1. The molecule has 6 aromatic rings. The third-order valence-corrected chi connectivity index (χ3v) is 8.91. The third kappa shape index (κ3) is 6.50. The van der Waals surface area contributed by atoms with Crippen molar-refractivity contribution in [3.63, 3.8) is 0 Å². The molecule has 3 amide bonds. The maximum Gasteiger partial charge on any atom is 0.324 e. The van der Waals surface area contributed by atoms with Gasteiger partial charge in [0.05, 0.1) is 34.4 Å². The summed E-state index contributed by atoms with van der Waals surface area (Å²) in [5.74, 6) is 0.369. The van der Waals surface area contributed by atoms with Crippen LogP contribution in [0.3, 0.4) is 0 Å². The van der Waals surface area contributed by atoms with Crippen molar-refractivity contribution in [2.75, 3.05) is 23.8 Å². The number of nitrogens with zero attached hydrogens (tertiary/aromatic N) is 4. The molecule has 3 aromatic heterocycles. The molecule has 0 fully saturated rings. The minimum atomic E-state index is -0.409. The number of aliphatic hydroxyl groups excluding tert-OH is 1. The highest BCUT2D eigenvalue weighted by molar-refractivity contribution is 7.99. The maximum absolute atomic E-state index is 13.0. The lowest BCUT2D eigenvalue weighted by molar-refractivity contribution is 0.0939. The Balaban J connectivity index is 1.14. The van der Waals surface area contributed by atoms with Crippen LogP contribution >= 0.6 is 23.1 Å². The van der Waals surface area contributed by atoms with Crippen molar-refractivity contribution in [1.29, 1.82) is 0 Å². The number of benzene rings is 3. The van der Waals surface area contributed by atoms with Gasteiger partial charge >= 0.3 is 6.03 Å². The zero-order valence-corrected chi connectivity index (χ0v) is 26.4. The van der Waals surface area contributed by atoms with Gasteiger partial charge in [0.2, 0.25) is 0 Å². The number of carbonyl (C=O) groups is 2. The maximum atomic E-state index is 13.0. The van der Waals surface area contributed by atoms with Crippen molar-refractivity contribution in [3.05, 3.63) is 90.4 Å². The first kappa shape index (κ1) is 30.2. The lowest BCUT2D eigenvalue weighted by atomic mass is 9.92. The number of nitrogens with one attached hydrogen (secondary N) is 3. The van der Waals surface area contributed by atoms with E-state index in [9.17, 15) is 14.7 Å². The van der Waals surface area contributed by atoms with E-state index in [0.717, 1.165) is 30.7 Å². The molecule has 3 aromatic carbocycles. The summed E-state index contributed by atoms with van der Waals surface area (Å²) in [5.41, 5.74) is 3.23. The molecule has 11 nitrogen and oxygen atoms in total. The number of imidazole rings is 1. The highest BCUT2D eigenvalue weighted by Crippen LogP contribution is 2.35. The van der Waals surface area contributed by atoms with E-state index in [4.69, 9.17) is 10.2 Å². The molecule has 0 aliphatic rings. The number of urea groups is 1. The molecular weight excluding hydrogens is 611 g/mol. The number of anilines is 2. The second-order valence-electron chi connectivity index (χ2n) is 11.3. The number of aliphatic hydroxyl groups is 1. The van der Waals surface area contributed by atoms with Gasteiger partial charge in [0.15, 0.2) is 4.96 Å². The fourth-order valence-electron chi connectivity index (χ4n) is 4.63. The highest BCUT2D eigenvalue weighted by atomic mass is 32.2. The number of phenols is 1. The van der Waals surface area contributed by atoms with Gasteiger partial charge < -0.3 is 20.8 Å². The van der Waals surface area contributed by atoms with E-state index in [1.54, 1.807) is 46.9 Å². The summed E-state index contributed by atoms with van der Waals surface area (Å²) in [6.45, 7) is 6.20. The van der Waals surface area contributed by atoms with Crippen molar-refractivity contribution >= 4 is 61.7 Å². The first-order valence-corrected chi connectivity index (χ1v) is 15.8. The molecule has 13 heteroatoms. The van der Waals surface area contributed by atoms with Crippen LogP contribution in [0.5, 0.6) is 5.75 Å². The summed E-state index contributed by atoms with van der Waals surface area (Å²) in [6, 6.07) is 21.7. The van der Waals surface area contributed by atoms with Gasteiger partial charge in [-0.05, 0) is 66.7 Å². The van der Waals surface area contributed by atoms with E-state index >= 15 is 0 Å². The van der Waals surface area contributed by atoms with Crippen molar-refractivity contribution < 1.29 is 19.8 Å². The molecule has 0 radical (unpaired) electrons. The van der Waals surface area contributed by atoms with E-state index in [2.05, 4.69) is 47.8 Å². The summed E-state index contributed by atoms with van der Waals surface area (Å²) in [5, 5.41) is 31.9. The van der Waals surface area contributed by atoms with Crippen molar-refractivity contribution in [2.24, 2.45) is 0 Å². The molecule has 230 valence electrons. The first-order valence-electron chi connectivity index (χ1n) is 14.1. The van der Waals surface area contributed by atoms with Gasteiger partial charge in [0, 0.05) is 33.5 Å². The van der Waals surface area contributed by atoms with E-state index in [0.29, 0.717) is 22.9 Å². The largest absolute Gasteiger partial charge is 0.508 e. The van der Waals surface area contributed by atoms with Gasteiger partial charge in [-0.15, -0.1) is 0 Å². The normalized spacial score (nSPS) is 11.6. The van der Waals surface area contributed by atoms with E-state index in [1.165, 1.54) is 11.3 Å². The minimum Gasteiger partial charge on any atom is -0.508 e. The van der Waals surface area contributed by atoms with Gasteiger partial charge in [0.25, 0.3) is 5.91 Å². The van der Waals surface area contributed by atoms with E-state index < -0.39 is 6.03 Å². The number of aromatic nitrogens is 4. The number of aromatic hydroxyl groups is 1. The molecule has 6 rings (SSSR count). The Morgan fingerprint density at radius 2 is 1.69 bits per heavy atom. The van der Waals surface area contributed by atoms with E-state index in [1.807, 2.05) is 46.9 Å². The van der Waals surface area contributed by atoms with Crippen LogP contribution in [0.1, 0.15) is 37.0 Å². The average molecular weight is 642 g/mol. The van der Waals surface area contributed by atoms with Crippen molar-refractivity contribution in [1.82, 2.24) is 24.5 Å². The Hall–Kier alpha value is -4.85. The van der Waals surface area contributed by atoms with Crippen LogP contribution in [0.15, 0.2) is 88.8 Å². The highest BCUT2D eigenvalue weighted by Gasteiger charge is 2.22. The third-order valence-electron chi connectivity index (χ3n) is 6.89. The summed E-state index contributed by atoms with van der Waals surface area (Å²) in [6.07, 6.45) is 1.55. The molecule has 0 saturated heterocycles. The molecule has 0 bridgehead atoms. The molecule has 0 aliphatic carbocycles. The molecule has 0 unspecified atom stereocenters. The molecule has 0 aliphatic heterocycles. The lowest BCUT2D eigenvalue weighted by Gasteiger charge is -2.14. The number of phenolic OH excluding ortho intramolecular Hbond substituents is 1. The molecule has 3 heterocycles. The molecule has 0 saturated carbocycles. The SMILES string of the molecule is CC(C)(C)c1cc(NC(=O)Nc2ccc(Sc3ccc4c(c3)sc3ncc(C(=O)NCCO)n34)cc2)n(-c2ccc(O)cc2)n1. The summed E-state index contributed by atoms with van der Waals surface area (Å²) in [7, 11) is 0. The van der Waals surface area contributed by atoms with Crippen LogP contribution in [0.4, 0.5) is 16.3 Å². The Morgan fingerprint density at radius 3 is 2.40 bits per heavy atom. The van der Waals surface area contributed by atoms with Gasteiger partial charge in [-0.25, -0.2) is 14.5 Å². The molecule has 45 heavy (non-hydrogen) atoms. The van der Waals surface area contributed by atoms with Crippen LogP contribution in [-0.4, -0.2) is 54.5 Å². The Kier molecular flexibility index (Phi) is 8.23. The number of amides is 3. The first-order chi connectivity index (χ1) is 21.6. The summed E-state index contributed by atoms with van der Waals surface area (Å²) >= 11 is 3.08. The molecule has 5 N–H and O–H groups in total. The fourth-order valence-corrected chi connectivity index (χ4v) is 6.60. The Morgan fingerprint density at radius 1 is 0.956 bits per heavy atom. The minimum absolute atomic E-state index is 0.129. The average Bonchev–Trinajstić information content (AvgIpc) is 3.71. The van der Waals surface area contributed by atoms with Gasteiger partial charge in [-0.1, -0.05) is 43.9 Å². The van der Waals surface area contributed by atoms with Crippen LogP contribution in [0.2, 0.25) is 0 Å². The van der Waals surface area contributed by atoms with Crippen LogP contribution in [-0.2, 0) is 5.41 Å². The van der Waals surface area contributed by atoms with E-state index in [-0.39, 0.29) is 30.2 Å². The lowest BCUT2D eigenvalue weighted by Crippen LogP contribution is -2.27. The molecular formula is C32H31N7O4S2. The zero-order valence-electron chi connectivity index (χ0n) is 24.7. The topological polar surface area (TPSA) is 146 Å². The predicted octanol–water partition coefficient (Wildman–Crippen LogP) is 6.26. The quantitative estimate of drug-likeness (QED) is 0.132. The Labute approximate surface area is 266 Å². The standard InChI is InChI=1S/C32H31N7O4S2/c1-32(2,3)27-17-28(39(37-27)20-6-8-21(41)9-7-20)36-30(43)35-19-4-10-22(11-5-19)44-23-12-13-24-26(16-23)45-31-34-18-25(38(24)31)29(42)33-14-15-40/h4-13,16-18,40-41H,14-15H2,1-3H3,(H,33,42)(H2,35,36,43).